The van der Waals surface area contributed by atoms with E-state index in [-0.39, 0.29) is 5.41 Å². The van der Waals surface area contributed by atoms with E-state index in [1.807, 2.05) is 19.9 Å². The van der Waals surface area contributed by atoms with Gasteiger partial charge in [-0.1, -0.05) is 20.8 Å². The molecule has 1 heterocycles. The van der Waals surface area contributed by atoms with Crippen molar-refractivity contribution in [2.75, 3.05) is 11.9 Å². The van der Waals surface area contributed by atoms with E-state index in [2.05, 4.69) is 30.8 Å². The van der Waals surface area contributed by atoms with Gasteiger partial charge in [-0.05, 0) is 55.9 Å². The molecule has 2 N–H and O–H groups in total. The van der Waals surface area contributed by atoms with Crippen molar-refractivity contribution in [3.05, 3.63) is 23.8 Å². The highest BCUT2D eigenvalue weighted by Crippen LogP contribution is 2.29. The van der Waals surface area contributed by atoms with Gasteiger partial charge in [0.1, 0.15) is 0 Å². The third kappa shape index (κ3) is 4.20. The average molecular weight is 310 g/mol. The molecule has 0 atom stereocenters. The number of sulfonamides is 1. The van der Waals surface area contributed by atoms with Gasteiger partial charge in [-0.3, -0.25) is 0 Å². The molecule has 118 valence electrons. The van der Waals surface area contributed by atoms with Gasteiger partial charge in [0, 0.05) is 17.8 Å². The number of benzene rings is 1. The maximum Gasteiger partial charge on any atom is 0.241 e. The highest BCUT2D eigenvalue weighted by Gasteiger charge is 2.31. The molecule has 2 rings (SSSR count). The Labute approximate surface area is 128 Å². The molecule has 1 aromatic rings. The minimum absolute atomic E-state index is 0.0634. The zero-order valence-electron chi connectivity index (χ0n) is 13.6. The van der Waals surface area contributed by atoms with Gasteiger partial charge in [0.2, 0.25) is 10.0 Å². The van der Waals surface area contributed by atoms with Crippen molar-refractivity contribution in [3.8, 4) is 0 Å². The number of hydrogen-bond acceptors (Lipinski definition) is 3. The number of rotatable bonds is 4. The maximum atomic E-state index is 12.6. The Morgan fingerprint density at radius 2 is 1.86 bits per heavy atom. The first-order valence-corrected chi connectivity index (χ1v) is 8.88. The number of hydrogen-bond donors (Lipinski definition) is 2. The van der Waals surface area contributed by atoms with Crippen molar-refractivity contribution in [3.63, 3.8) is 0 Å². The third-order valence-corrected chi connectivity index (χ3v) is 5.18. The molecule has 0 aliphatic carbocycles. The molecule has 4 nitrogen and oxygen atoms in total. The van der Waals surface area contributed by atoms with Crippen molar-refractivity contribution in [1.82, 2.24) is 4.72 Å². The van der Waals surface area contributed by atoms with Crippen LogP contribution in [-0.2, 0) is 16.4 Å². The predicted octanol–water partition coefficient (Wildman–Crippen LogP) is 3.15. The summed E-state index contributed by atoms with van der Waals surface area (Å²) in [5.74, 6) is 0. The summed E-state index contributed by atoms with van der Waals surface area (Å²) < 4.78 is 28.1. The molecule has 0 radical (unpaired) electrons. The molecule has 1 aliphatic rings. The van der Waals surface area contributed by atoms with E-state index >= 15 is 0 Å². The van der Waals surface area contributed by atoms with Crippen LogP contribution in [0.25, 0.3) is 0 Å². The Balaban J connectivity index is 2.22. The molecule has 1 aliphatic heterocycles. The standard InChI is InChI=1S/C16H26N2O2S/c1-15(2,3)11-16(4,5)18-21(19,20)13-6-7-14-12(10-13)8-9-17-14/h6-7,10,17-18H,8-9,11H2,1-5H3. The maximum absolute atomic E-state index is 12.6. The second-order valence-corrected chi connectivity index (χ2v) is 9.40. The van der Waals surface area contributed by atoms with Gasteiger partial charge in [-0.2, -0.15) is 0 Å². The summed E-state index contributed by atoms with van der Waals surface area (Å²) in [6.45, 7) is 11.1. The summed E-state index contributed by atoms with van der Waals surface area (Å²) in [4.78, 5) is 0.354. The second-order valence-electron chi connectivity index (χ2n) is 7.72. The Kier molecular flexibility index (Phi) is 4.10. The fraction of sp³-hybridized carbons (Fsp3) is 0.625. The van der Waals surface area contributed by atoms with E-state index in [1.54, 1.807) is 12.1 Å². The zero-order valence-corrected chi connectivity index (χ0v) is 14.4. The molecule has 0 saturated carbocycles. The molecule has 0 bridgehead atoms. The van der Waals surface area contributed by atoms with Gasteiger partial charge in [0.25, 0.3) is 0 Å². The average Bonchev–Trinajstić information content (AvgIpc) is 2.70. The predicted molar refractivity (Wildman–Crippen MR) is 87.1 cm³/mol. The number of nitrogens with one attached hydrogen (secondary N) is 2. The quantitative estimate of drug-likeness (QED) is 0.898. The molecule has 21 heavy (non-hydrogen) atoms. The summed E-state index contributed by atoms with van der Waals surface area (Å²) in [5.41, 5.74) is 1.71. The summed E-state index contributed by atoms with van der Waals surface area (Å²) in [7, 11) is -3.49. The number of anilines is 1. The van der Waals surface area contributed by atoms with Crippen molar-refractivity contribution < 1.29 is 8.42 Å². The van der Waals surface area contributed by atoms with Gasteiger partial charge in [0.05, 0.1) is 4.90 Å². The topological polar surface area (TPSA) is 58.2 Å². The molecular weight excluding hydrogens is 284 g/mol. The summed E-state index contributed by atoms with van der Waals surface area (Å²) in [6, 6.07) is 5.31. The van der Waals surface area contributed by atoms with Crippen LogP contribution in [0.1, 0.15) is 46.6 Å². The fourth-order valence-electron chi connectivity index (χ4n) is 3.23. The molecule has 0 amide bonds. The third-order valence-electron chi connectivity index (χ3n) is 3.48. The summed E-state index contributed by atoms with van der Waals surface area (Å²) >= 11 is 0. The molecular formula is C16H26N2O2S. The van der Waals surface area contributed by atoms with Gasteiger partial charge in [-0.15, -0.1) is 0 Å². The van der Waals surface area contributed by atoms with Crippen LogP contribution in [0.3, 0.4) is 0 Å². The molecule has 0 fully saturated rings. The highest BCUT2D eigenvalue weighted by atomic mass is 32.2. The number of fused-ring (bicyclic) bond motifs is 1. The van der Waals surface area contributed by atoms with Crippen LogP contribution in [0.5, 0.6) is 0 Å². The van der Waals surface area contributed by atoms with Crippen LogP contribution >= 0.6 is 0 Å². The lowest BCUT2D eigenvalue weighted by atomic mass is 9.82. The van der Waals surface area contributed by atoms with Crippen LogP contribution in [0.2, 0.25) is 0 Å². The van der Waals surface area contributed by atoms with Crippen LogP contribution in [0.4, 0.5) is 5.69 Å². The lowest BCUT2D eigenvalue weighted by Crippen LogP contribution is -2.45. The minimum atomic E-state index is -3.49. The monoisotopic (exact) mass is 310 g/mol. The minimum Gasteiger partial charge on any atom is -0.384 e. The van der Waals surface area contributed by atoms with Gasteiger partial charge >= 0.3 is 0 Å². The Morgan fingerprint density at radius 1 is 1.19 bits per heavy atom. The second kappa shape index (κ2) is 5.29. The molecule has 0 saturated heterocycles. The van der Waals surface area contributed by atoms with Gasteiger partial charge in [-0.25, -0.2) is 13.1 Å². The fourth-order valence-corrected chi connectivity index (χ4v) is 4.70. The first-order valence-electron chi connectivity index (χ1n) is 7.39. The highest BCUT2D eigenvalue weighted by molar-refractivity contribution is 7.89. The van der Waals surface area contributed by atoms with Crippen LogP contribution in [-0.4, -0.2) is 20.5 Å². The van der Waals surface area contributed by atoms with E-state index in [4.69, 9.17) is 0 Å². The first kappa shape index (κ1) is 16.3. The normalized spacial score (nSPS) is 15.7. The van der Waals surface area contributed by atoms with E-state index in [0.717, 1.165) is 30.6 Å². The smallest absolute Gasteiger partial charge is 0.241 e. The Morgan fingerprint density at radius 3 is 2.48 bits per heavy atom. The van der Waals surface area contributed by atoms with Crippen molar-refractivity contribution in [1.29, 1.82) is 0 Å². The summed E-state index contributed by atoms with van der Waals surface area (Å²) in [6.07, 6.45) is 1.65. The van der Waals surface area contributed by atoms with E-state index in [1.165, 1.54) is 0 Å². The Hall–Kier alpha value is -1.07. The molecule has 0 unspecified atom stereocenters. The van der Waals surface area contributed by atoms with Gasteiger partial charge in [0.15, 0.2) is 0 Å². The van der Waals surface area contributed by atoms with Crippen molar-refractivity contribution in [2.24, 2.45) is 5.41 Å². The van der Waals surface area contributed by atoms with Crippen molar-refractivity contribution in [2.45, 2.75) is 57.9 Å². The van der Waals surface area contributed by atoms with Crippen molar-refractivity contribution >= 4 is 15.7 Å². The molecule has 1 aromatic carbocycles. The van der Waals surface area contributed by atoms with Crippen LogP contribution in [0.15, 0.2) is 23.1 Å². The Bertz CT molecular complexity index is 628. The van der Waals surface area contributed by atoms with Gasteiger partial charge < -0.3 is 5.32 Å². The largest absolute Gasteiger partial charge is 0.384 e. The first-order chi connectivity index (χ1) is 9.49. The SMILES string of the molecule is CC(C)(C)CC(C)(C)NS(=O)(=O)c1ccc2c(c1)CCN2. The zero-order chi connectivity index (χ0) is 15.9. The molecule has 0 aromatic heterocycles. The lowest BCUT2D eigenvalue weighted by molar-refractivity contribution is 0.269. The van der Waals surface area contributed by atoms with E-state index < -0.39 is 15.6 Å². The van der Waals surface area contributed by atoms with E-state index in [9.17, 15) is 8.42 Å². The summed E-state index contributed by atoms with van der Waals surface area (Å²) in [5, 5.41) is 3.24. The lowest BCUT2D eigenvalue weighted by Gasteiger charge is -2.33. The van der Waals surface area contributed by atoms with E-state index in [0.29, 0.717) is 4.90 Å². The molecule has 0 spiro atoms. The van der Waals surface area contributed by atoms with Crippen LogP contribution < -0.4 is 10.0 Å². The van der Waals surface area contributed by atoms with Crippen LogP contribution in [0, 0.1) is 5.41 Å². The molecule has 5 heteroatoms.